The summed E-state index contributed by atoms with van der Waals surface area (Å²) in [6.45, 7) is 5.77. The number of hydrogen-bond acceptors (Lipinski definition) is 8. The van der Waals surface area contributed by atoms with E-state index in [4.69, 9.17) is 0 Å². The molecular weight excluding hydrogens is 582 g/mol. The predicted molar refractivity (Wildman–Crippen MR) is 165 cm³/mol. The van der Waals surface area contributed by atoms with Crippen molar-refractivity contribution < 1.29 is 33.7 Å². The van der Waals surface area contributed by atoms with Crippen LogP contribution >= 0.6 is 0 Å². The SMILES string of the molecule is CCC(=O)CCCCC[C@@H]1NC(=O)[C@H]2CCCCN2C(=O)[C@H](C(C)CC)NC(=O)[C@H](CC(=O)c2ccccc2[N+](=O)[O-])NC1=O. The fourth-order valence-corrected chi connectivity index (χ4v) is 5.79. The maximum atomic E-state index is 13.9. The van der Waals surface area contributed by atoms with Crippen LogP contribution < -0.4 is 16.0 Å². The Balaban J connectivity index is 1.95. The number of benzene rings is 1. The molecule has 0 aliphatic carbocycles. The number of ketones is 2. The summed E-state index contributed by atoms with van der Waals surface area (Å²) >= 11 is 0. The summed E-state index contributed by atoms with van der Waals surface area (Å²) in [5.74, 6) is -3.26. The summed E-state index contributed by atoms with van der Waals surface area (Å²) in [5, 5.41) is 19.7. The lowest BCUT2D eigenvalue weighted by atomic mass is 9.93. The van der Waals surface area contributed by atoms with E-state index >= 15 is 0 Å². The second-order valence-corrected chi connectivity index (χ2v) is 11.9. The third kappa shape index (κ3) is 9.41. The van der Waals surface area contributed by atoms with Crippen LogP contribution in [0.5, 0.6) is 0 Å². The lowest BCUT2D eigenvalue weighted by Gasteiger charge is -2.39. The zero-order chi connectivity index (χ0) is 33.1. The molecule has 5 atom stereocenters. The average Bonchev–Trinajstić information content (AvgIpc) is 3.04. The van der Waals surface area contributed by atoms with Crippen LogP contribution in [0.15, 0.2) is 24.3 Å². The molecule has 2 aliphatic heterocycles. The third-order valence-electron chi connectivity index (χ3n) is 8.76. The van der Waals surface area contributed by atoms with Crippen LogP contribution in [0.2, 0.25) is 0 Å². The molecule has 4 amide bonds. The quantitative estimate of drug-likeness (QED) is 0.129. The van der Waals surface area contributed by atoms with Crippen molar-refractivity contribution in [2.24, 2.45) is 5.92 Å². The maximum absolute atomic E-state index is 13.9. The van der Waals surface area contributed by atoms with Crippen molar-refractivity contribution in [2.45, 2.75) is 116 Å². The topological polar surface area (TPSA) is 185 Å². The molecule has 3 rings (SSSR count). The average molecular weight is 628 g/mol. The smallest absolute Gasteiger partial charge is 0.280 e. The van der Waals surface area contributed by atoms with Gasteiger partial charge in [-0.2, -0.15) is 0 Å². The Morgan fingerprint density at radius 1 is 0.956 bits per heavy atom. The normalized spacial score (nSPS) is 23.4. The van der Waals surface area contributed by atoms with E-state index in [1.807, 2.05) is 6.92 Å². The Kier molecular flexibility index (Phi) is 13.2. The maximum Gasteiger partial charge on any atom is 0.280 e. The van der Waals surface area contributed by atoms with Crippen molar-refractivity contribution in [1.29, 1.82) is 0 Å². The van der Waals surface area contributed by atoms with Gasteiger partial charge in [0.25, 0.3) is 5.69 Å². The number of Topliss-reactive ketones (excluding diaryl/α,β-unsaturated/α-hetero) is 2. The lowest BCUT2D eigenvalue weighted by Crippen LogP contribution is -2.64. The van der Waals surface area contributed by atoms with E-state index in [2.05, 4.69) is 16.0 Å². The highest BCUT2D eigenvalue weighted by molar-refractivity contribution is 6.04. The highest BCUT2D eigenvalue weighted by atomic mass is 16.6. The molecule has 246 valence electrons. The van der Waals surface area contributed by atoms with Gasteiger partial charge in [0.05, 0.1) is 10.5 Å². The van der Waals surface area contributed by atoms with Crippen molar-refractivity contribution in [1.82, 2.24) is 20.9 Å². The molecule has 0 aromatic heterocycles. The summed E-state index contributed by atoms with van der Waals surface area (Å²) in [6.07, 6.45) is 4.60. The summed E-state index contributed by atoms with van der Waals surface area (Å²) in [7, 11) is 0. The second kappa shape index (κ2) is 16.8. The van der Waals surface area contributed by atoms with Crippen molar-refractivity contribution in [3.63, 3.8) is 0 Å². The van der Waals surface area contributed by atoms with Gasteiger partial charge >= 0.3 is 0 Å². The second-order valence-electron chi connectivity index (χ2n) is 11.9. The first kappa shape index (κ1) is 35.3. The fourth-order valence-electron chi connectivity index (χ4n) is 5.79. The summed E-state index contributed by atoms with van der Waals surface area (Å²) in [4.78, 5) is 92.3. The minimum Gasteiger partial charge on any atom is -0.343 e. The van der Waals surface area contributed by atoms with Crippen LogP contribution in [0, 0.1) is 16.0 Å². The Hall–Kier alpha value is -4.16. The Morgan fingerprint density at radius 2 is 1.64 bits per heavy atom. The Labute approximate surface area is 263 Å². The number of carbonyl (C=O) groups is 6. The monoisotopic (exact) mass is 627 g/mol. The number of fused-ring (bicyclic) bond motifs is 1. The number of nitro groups is 1. The molecule has 0 bridgehead atoms. The third-order valence-corrected chi connectivity index (χ3v) is 8.76. The van der Waals surface area contributed by atoms with Crippen molar-refractivity contribution in [3.8, 4) is 0 Å². The zero-order valence-corrected chi connectivity index (χ0v) is 26.3. The first-order valence-electron chi connectivity index (χ1n) is 16.0. The molecule has 2 aliphatic rings. The van der Waals surface area contributed by atoms with Crippen LogP contribution in [-0.2, 0) is 24.0 Å². The highest BCUT2D eigenvalue weighted by Gasteiger charge is 2.41. The molecule has 0 radical (unpaired) electrons. The number of nitrogens with zero attached hydrogens (tertiary/aromatic N) is 2. The van der Waals surface area contributed by atoms with Gasteiger partial charge in [0, 0.05) is 31.9 Å². The van der Waals surface area contributed by atoms with Crippen LogP contribution in [0.25, 0.3) is 0 Å². The van der Waals surface area contributed by atoms with Gasteiger partial charge in [-0.15, -0.1) is 0 Å². The minimum atomic E-state index is -1.47. The molecular formula is C32H45N5O8. The minimum absolute atomic E-state index is 0.141. The fraction of sp³-hybridized carbons (Fsp3) is 0.625. The largest absolute Gasteiger partial charge is 0.343 e. The van der Waals surface area contributed by atoms with Gasteiger partial charge in [-0.1, -0.05) is 52.2 Å². The van der Waals surface area contributed by atoms with Gasteiger partial charge in [0.1, 0.15) is 30.0 Å². The number of nitrogens with one attached hydrogen (secondary N) is 3. The van der Waals surface area contributed by atoms with Gasteiger partial charge in [-0.3, -0.25) is 38.9 Å². The van der Waals surface area contributed by atoms with Gasteiger partial charge < -0.3 is 20.9 Å². The van der Waals surface area contributed by atoms with Crippen LogP contribution in [0.3, 0.4) is 0 Å². The number of hydrogen-bond donors (Lipinski definition) is 3. The van der Waals surface area contributed by atoms with E-state index in [1.165, 1.54) is 29.2 Å². The summed E-state index contributed by atoms with van der Waals surface area (Å²) in [6, 6.07) is 0.984. The molecule has 13 nitrogen and oxygen atoms in total. The van der Waals surface area contributed by atoms with E-state index in [0.29, 0.717) is 57.9 Å². The van der Waals surface area contributed by atoms with Crippen LogP contribution in [0.4, 0.5) is 5.69 Å². The van der Waals surface area contributed by atoms with E-state index in [0.717, 1.165) is 6.42 Å². The molecule has 2 fully saturated rings. The van der Waals surface area contributed by atoms with Gasteiger partial charge in [-0.05, 0) is 44.1 Å². The zero-order valence-electron chi connectivity index (χ0n) is 26.3. The number of amides is 4. The predicted octanol–water partition coefficient (Wildman–Crippen LogP) is 2.99. The molecule has 1 unspecified atom stereocenters. The van der Waals surface area contributed by atoms with Crippen LogP contribution in [0.1, 0.15) is 102 Å². The van der Waals surface area contributed by atoms with Crippen molar-refractivity contribution >= 4 is 40.9 Å². The van der Waals surface area contributed by atoms with Gasteiger partial charge in [0.2, 0.25) is 23.6 Å². The number of unbranched alkanes of at least 4 members (excludes halogenated alkanes) is 2. The van der Waals surface area contributed by atoms with Gasteiger partial charge in [-0.25, -0.2) is 0 Å². The number of nitro benzene ring substituents is 1. The molecule has 13 heteroatoms. The van der Waals surface area contributed by atoms with E-state index < -0.39 is 70.6 Å². The summed E-state index contributed by atoms with van der Waals surface area (Å²) in [5.41, 5.74) is -0.647. The van der Waals surface area contributed by atoms with Crippen molar-refractivity contribution in [2.75, 3.05) is 6.54 Å². The molecule has 45 heavy (non-hydrogen) atoms. The molecule has 0 saturated carbocycles. The standard InChI is InChI=1S/C32H45N5O8/c1-4-20(3)28-32(43)36-18-12-11-17-26(36)31(42)33-23(15-8-6-7-13-21(38)5-2)29(40)34-24(30(41)35-28)19-27(39)22-14-9-10-16-25(22)37(44)45/h9-10,14,16,20,23-24,26,28H,4-8,11-13,15,17-19H2,1-3H3,(H,33,42)(H,34,40)(H,35,41)/t20?,23-,24-,26+,28-/m0/s1. The molecule has 2 heterocycles. The molecule has 0 spiro atoms. The molecule has 2 saturated heterocycles. The number of rotatable bonds is 13. The van der Waals surface area contributed by atoms with E-state index in [9.17, 15) is 38.9 Å². The van der Waals surface area contributed by atoms with E-state index in [-0.39, 0.29) is 23.7 Å². The Bertz CT molecular complexity index is 1280. The van der Waals surface area contributed by atoms with Crippen molar-refractivity contribution in [3.05, 3.63) is 39.9 Å². The molecule has 1 aromatic rings. The van der Waals surface area contributed by atoms with Crippen LogP contribution in [-0.4, -0.2) is 75.7 Å². The summed E-state index contributed by atoms with van der Waals surface area (Å²) < 4.78 is 0. The number of carbonyl (C=O) groups excluding carboxylic acids is 6. The number of piperidine rings is 1. The Morgan fingerprint density at radius 3 is 2.33 bits per heavy atom. The first-order valence-corrected chi connectivity index (χ1v) is 16.0. The molecule has 3 N–H and O–H groups in total. The highest BCUT2D eigenvalue weighted by Crippen LogP contribution is 2.24. The lowest BCUT2D eigenvalue weighted by molar-refractivity contribution is -0.385. The van der Waals surface area contributed by atoms with Gasteiger partial charge in [0.15, 0.2) is 5.78 Å². The number of para-hydroxylation sites is 1. The first-order chi connectivity index (χ1) is 21.5. The molecule has 1 aromatic carbocycles. The van der Waals surface area contributed by atoms with E-state index in [1.54, 1.807) is 13.8 Å².